The number of nitrogens with one attached hydrogen (secondary N) is 1. The van der Waals surface area contributed by atoms with Gasteiger partial charge in [0.2, 0.25) is 5.91 Å². The summed E-state index contributed by atoms with van der Waals surface area (Å²) in [6, 6.07) is 0. The highest BCUT2D eigenvalue weighted by Crippen LogP contribution is 2.16. The summed E-state index contributed by atoms with van der Waals surface area (Å²) in [5, 5.41) is 2.98. The maximum atomic E-state index is 11.7. The third-order valence-electron chi connectivity index (χ3n) is 2.63. The minimum atomic E-state index is -0.211. The van der Waals surface area contributed by atoms with Crippen molar-refractivity contribution in [2.45, 2.75) is 51.2 Å². The lowest BCUT2D eigenvalue weighted by molar-refractivity contribution is -0.124. The molecule has 0 aromatic rings. The molecule has 88 valence electrons. The van der Waals surface area contributed by atoms with Crippen LogP contribution in [0.4, 0.5) is 0 Å². The second-order valence-corrected chi connectivity index (χ2v) is 5.09. The number of hydrogen-bond donors (Lipinski definition) is 1. The minimum Gasteiger partial charge on any atom is -0.378 e. The van der Waals surface area contributed by atoms with Crippen LogP contribution in [0.25, 0.3) is 0 Å². The molecule has 0 saturated carbocycles. The molecule has 1 aliphatic heterocycles. The molecule has 1 N–H and O–H groups in total. The molecular formula is C11H20ClNO2. The Bertz CT molecular complexity index is 213. The van der Waals surface area contributed by atoms with Gasteiger partial charge in [0.05, 0.1) is 12.5 Å². The van der Waals surface area contributed by atoms with Gasteiger partial charge >= 0.3 is 0 Å². The van der Waals surface area contributed by atoms with E-state index in [9.17, 15) is 4.79 Å². The van der Waals surface area contributed by atoms with Crippen LogP contribution in [0.1, 0.15) is 39.5 Å². The van der Waals surface area contributed by atoms with Crippen molar-refractivity contribution < 1.29 is 9.53 Å². The van der Waals surface area contributed by atoms with Gasteiger partial charge in [0.15, 0.2) is 0 Å². The van der Waals surface area contributed by atoms with E-state index in [-0.39, 0.29) is 17.6 Å². The van der Waals surface area contributed by atoms with Crippen LogP contribution >= 0.6 is 11.6 Å². The SMILES string of the molecule is CC(C)(CCCl)NC(=O)CC1CCCO1. The molecule has 0 aromatic heterocycles. The summed E-state index contributed by atoms with van der Waals surface area (Å²) in [6.45, 7) is 4.77. The summed E-state index contributed by atoms with van der Waals surface area (Å²) < 4.78 is 5.41. The van der Waals surface area contributed by atoms with Crippen LogP contribution in [0.3, 0.4) is 0 Å². The monoisotopic (exact) mass is 233 g/mol. The molecule has 15 heavy (non-hydrogen) atoms. The maximum absolute atomic E-state index is 11.7. The van der Waals surface area contributed by atoms with Crippen LogP contribution in [-0.2, 0) is 9.53 Å². The van der Waals surface area contributed by atoms with Crippen molar-refractivity contribution in [1.29, 1.82) is 0 Å². The lowest BCUT2D eigenvalue weighted by atomic mass is 10.0. The fourth-order valence-electron chi connectivity index (χ4n) is 1.74. The molecule has 1 amide bonds. The van der Waals surface area contributed by atoms with Crippen molar-refractivity contribution >= 4 is 17.5 Å². The van der Waals surface area contributed by atoms with Gasteiger partial charge in [-0.3, -0.25) is 4.79 Å². The predicted molar refractivity (Wildman–Crippen MR) is 61.1 cm³/mol. The summed E-state index contributed by atoms with van der Waals surface area (Å²) in [6.07, 6.45) is 3.46. The molecule has 1 atom stereocenters. The smallest absolute Gasteiger partial charge is 0.223 e. The average Bonchev–Trinajstić information content (AvgIpc) is 2.54. The first-order valence-electron chi connectivity index (χ1n) is 5.52. The summed E-state index contributed by atoms with van der Waals surface area (Å²) in [4.78, 5) is 11.7. The first-order valence-corrected chi connectivity index (χ1v) is 6.05. The van der Waals surface area contributed by atoms with Crippen LogP contribution in [0.15, 0.2) is 0 Å². The van der Waals surface area contributed by atoms with Gasteiger partial charge in [-0.1, -0.05) is 0 Å². The lowest BCUT2D eigenvalue weighted by Crippen LogP contribution is -2.44. The molecule has 0 bridgehead atoms. The van der Waals surface area contributed by atoms with Crippen molar-refractivity contribution in [3.63, 3.8) is 0 Å². The molecule has 0 aliphatic carbocycles. The van der Waals surface area contributed by atoms with Gasteiger partial charge in [-0.05, 0) is 33.1 Å². The molecule has 0 spiro atoms. The van der Waals surface area contributed by atoms with Crippen molar-refractivity contribution in [2.75, 3.05) is 12.5 Å². The number of halogens is 1. The van der Waals surface area contributed by atoms with Crippen molar-refractivity contribution in [2.24, 2.45) is 0 Å². The molecule has 1 rings (SSSR count). The number of carbonyl (C=O) groups excluding carboxylic acids is 1. The average molecular weight is 234 g/mol. The quantitative estimate of drug-likeness (QED) is 0.739. The van der Waals surface area contributed by atoms with E-state index in [1.54, 1.807) is 0 Å². The number of rotatable bonds is 5. The van der Waals surface area contributed by atoms with E-state index >= 15 is 0 Å². The molecule has 1 unspecified atom stereocenters. The van der Waals surface area contributed by atoms with Crippen LogP contribution in [0.2, 0.25) is 0 Å². The zero-order valence-electron chi connectivity index (χ0n) is 9.51. The third-order valence-corrected chi connectivity index (χ3v) is 2.82. The molecule has 0 radical (unpaired) electrons. The lowest BCUT2D eigenvalue weighted by Gasteiger charge is -2.26. The van der Waals surface area contributed by atoms with Gasteiger partial charge in [-0.2, -0.15) is 0 Å². The van der Waals surface area contributed by atoms with E-state index in [0.29, 0.717) is 12.3 Å². The molecule has 4 heteroatoms. The molecular weight excluding hydrogens is 214 g/mol. The Morgan fingerprint density at radius 1 is 1.60 bits per heavy atom. The fraction of sp³-hybridized carbons (Fsp3) is 0.909. The van der Waals surface area contributed by atoms with E-state index < -0.39 is 0 Å². The van der Waals surface area contributed by atoms with Gasteiger partial charge in [0, 0.05) is 18.0 Å². The largest absolute Gasteiger partial charge is 0.378 e. The Balaban J connectivity index is 2.27. The Morgan fingerprint density at radius 2 is 2.33 bits per heavy atom. The fourth-order valence-corrected chi connectivity index (χ4v) is 2.21. The van der Waals surface area contributed by atoms with Crippen LogP contribution in [-0.4, -0.2) is 30.0 Å². The van der Waals surface area contributed by atoms with E-state index in [1.165, 1.54) is 0 Å². The Hall–Kier alpha value is -0.280. The van der Waals surface area contributed by atoms with E-state index in [0.717, 1.165) is 25.9 Å². The Morgan fingerprint density at radius 3 is 2.87 bits per heavy atom. The third kappa shape index (κ3) is 4.85. The maximum Gasteiger partial charge on any atom is 0.223 e. The van der Waals surface area contributed by atoms with Crippen LogP contribution < -0.4 is 5.32 Å². The van der Waals surface area contributed by atoms with Crippen LogP contribution in [0.5, 0.6) is 0 Å². The van der Waals surface area contributed by atoms with Crippen LogP contribution in [0, 0.1) is 0 Å². The number of alkyl halides is 1. The van der Waals surface area contributed by atoms with E-state index in [2.05, 4.69) is 5.32 Å². The molecule has 1 saturated heterocycles. The highest BCUT2D eigenvalue weighted by atomic mass is 35.5. The normalized spacial score (nSPS) is 21.7. The van der Waals surface area contributed by atoms with Gasteiger partial charge in [-0.25, -0.2) is 0 Å². The highest BCUT2D eigenvalue weighted by molar-refractivity contribution is 6.17. The molecule has 1 aliphatic rings. The minimum absolute atomic E-state index is 0.0667. The second kappa shape index (κ2) is 5.71. The molecule has 1 heterocycles. The molecule has 0 aromatic carbocycles. The van der Waals surface area contributed by atoms with Gasteiger partial charge in [-0.15, -0.1) is 11.6 Å². The molecule has 3 nitrogen and oxygen atoms in total. The zero-order valence-corrected chi connectivity index (χ0v) is 10.3. The van der Waals surface area contributed by atoms with E-state index in [4.69, 9.17) is 16.3 Å². The number of ether oxygens (including phenoxy) is 1. The standard InChI is InChI=1S/C11H20ClNO2/c1-11(2,5-6-12)13-10(14)8-9-4-3-7-15-9/h9H,3-8H2,1-2H3,(H,13,14). The predicted octanol–water partition coefficient (Wildman–Crippen LogP) is 2.08. The molecule has 1 fully saturated rings. The van der Waals surface area contributed by atoms with Gasteiger partial charge < -0.3 is 10.1 Å². The number of hydrogen-bond acceptors (Lipinski definition) is 2. The Kier molecular flexibility index (Phi) is 4.87. The summed E-state index contributed by atoms with van der Waals surface area (Å²) in [5.41, 5.74) is -0.211. The van der Waals surface area contributed by atoms with Crippen molar-refractivity contribution in [3.05, 3.63) is 0 Å². The zero-order chi connectivity index (χ0) is 11.3. The summed E-state index contributed by atoms with van der Waals surface area (Å²) in [7, 11) is 0. The highest BCUT2D eigenvalue weighted by Gasteiger charge is 2.23. The second-order valence-electron chi connectivity index (χ2n) is 4.71. The topological polar surface area (TPSA) is 38.3 Å². The number of carbonyl (C=O) groups is 1. The Labute approximate surface area is 96.5 Å². The first-order chi connectivity index (χ1) is 7.03. The van der Waals surface area contributed by atoms with Crippen molar-refractivity contribution in [3.8, 4) is 0 Å². The van der Waals surface area contributed by atoms with Crippen molar-refractivity contribution in [1.82, 2.24) is 5.32 Å². The summed E-state index contributed by atoms with van der Waals surface area (Å²) in [5.74, 6) is 0.629. The number of amides is 1. The summed E-state index contributed by atoms with van der Waals surface area (Å²) >= 11 is 5.66. The van der Waals surface area contributed by atoms with Gasteiger partial charge in [0.25, 0.3) is 0 Å². The van der Waals surface area contributed by atoms with Gasteiger partial charge in [0.1, 0.15) is 0 Å². The van der Waals surface area contributed by atoms with E-state index in [1.807, 2.05) is 13.8 Å². The first kappa shape index (κ1) is 12.8.